The number of nitrogens with one attached hydrogen (secondary N) is 1. The molecule has 0 unspecified atom stereocenters. The van der Waals surface area contributed by atoms with Crippen LogP contribution in [0.4, 0.5) is 5.13 Å². The third kappa shape index (κ3) is 5.86. The van der Waals surface area contributed by atoms with Gasteiger partial charge in [0.15, 0.2) is 5.13 Å². The van der Waals surface area contributed by atoms with Crippen molar-refractivity contribution in [3.63, 3.8) is 0 Å². The number of rotatable bonds is 8. The van der Waals surface area contributed by atoms with Crippen LogP contribution in [-0.2, 0) is 0 Å². The summed E-state index contributed by atoms with van der Waals surface area (Å²) in [5.41, 5.74) is 9.10. The first kappa shape index (κ1) is 20.5. The fourth-order valence-corrected chi connectivity index (χ4v) is 3.05. The normalized spacial score (nSPS) is 11.7. The summed E-state index contributed by atoms with van der Waals surface area (Å²) >= 11 is 1.05. The molecule has 0 atom stereocenters. The van der Waals surface area contributed by atoms with Gasteiger partial charge in [0.25, 0.3) is 0 Å². The smallest absolute Gasteiger partial charge is 0.347 e. The minimum atomic E-state index is -1.01. The molecule has 0 aliphatic heterocycles. The van der Waals surface area contributed by atoms with Crippen LogP contribution in [0.1, 0.15) is 48.5 Å². The van der Waals surface area contributed by atoms with Gasteiger partial charge in [-0.2, -0.15) is 0 Å². The highest BCUT2D eigenvalue weighted by Gasteiger charge is 2.12. The first-order valence-electron chi connectivity index (χ1n) is 8.60. The number of nitrogens with two attached hydrogens (primary N) is 1. The highest BCUT2D eigenvalue weighted by atomic mass is 32.1. The van der Waals surface area contributed by atoms with Gasteiger partial charge in [0.05, 0.1) is 12.3 Å². The molecule has 2 aromatic rings. The number of benzene rings is 1. The zero-order valence-electron chi connectivity index (χ0n) is 15.9. The second-order valence-corrected chi connectivity index (χ2v) is 7.75. The third-order valence-electron chi connectivity index (χ3n) is 3.45. The van der Waals surface area contributed by atoms with Gasteiger partial charge in [0.1, 0.15) is 10.6 Å². The van der Waals surface area contributed by atoms with E-state index in [1.165, 1.54) is 6.20 Å². The fraction of sp³-hybridized carbons (Fsp3) is 0.300. The Kier molecular flexibility index (Phi) is 6.63. The lowest BCUT2D eigenvalue weighted by Gasteiger charge is -2.15. The number of anilines is 1. The summed E-state index contributed by atoms with van der Waals surface area (Å²) in [7, 11) is 0. The van der Waals surface area contributed by atoms with Crippen molar-refractivity contribution in [1.82, 2.24) is 4.98 Å². The standard InChI is InChI=1S/C20H25N3O3S/c1-11(2)6-17(21)15-7-14(8-16(9-15)26-12(3)4)13(5)23-20-22-10-18(27-20)19(24)25/h6-12H,5,21H2,1-4H3,(H,22,23)(H,24,25)/b17-6+. The molecule has 6 nitrogen and oxygen atoms in total. The molecule has 4 N–H and O–H groups in total. The van der Waals surface area contributed by atoms with Gasteiger partial charge in [-0.15, -0.1) is 0 Å². The van der Waals surface area contributed by atoms with E-state index >= 15 is 0 Å². The molecule has 1 heterocycles. The summed E-state index contributed by atoms with van der Waals surface area (Å²) in [6.07, 6.45) is 3.31. The first-order chi connectivity index (χ1) is 12.7. The van der Waals surface area contributed by atoms with Crippen LogP contribution in [0.5, 0.6) is 5.75 Å². The van der Waals surface area contributed by atoms with Gasteiger partial charge in [-0.1, -0.05) is 37.8 Å². The summed E-state index contributed by atoms with van der Waals surface area (Å²) in [4.78, 5) is 15.2. The molecule has 27 heavy (non-hydrogen) atoms. The summed E-state index contributed by atoms with van der Waals surface area (Å²) < 4.78 is 5.84. The van der Waals surface area contributed by atoms with E-state index in [1.807, 2.05) is 38.1 Å². The Hall–Kier alpha value is -2.80. The Morgan fingerprint density at radius 3 is 2.52 bits per heavy atom. The number of allylic oxidation sites excluding steroid dienone is 1. The largest absolute Gasteiger partial charge is 0.491 e. The molecule has 0 radical (unpaired) electrons. The molecular formula is C20H25N3O3S. The molecule has 0 aliphatic carbocycles. The van der Waals surface area contributed by atoms with Crippen molar-refractivity contribution in [2.75, 3.05) is 5.32 Å². The van der Waals surface area contributed by atoms with Crippen molar-refractivity contribution in [2.45, 2.75) is 33.8 Å². The summed E-state index contributed by atoms with van der Waals surface area (Å²) in [5, 5.41) is 12.5. The molecule has 0 bridgehead atoms. The van der Waals surface area contributed by atoms with Crippen LogP contribution in [0.2, 0.25) is 0 Å². The number of ether oxygens (including phenoxy) is 1. The van der Waals surface area contributed by atoms with Crippen LogP contribution < -0.4 is 15.8 Å². The van der Waals surface area contributed by atoms with Crippen molar-refractivity contribution in [3.05, 3.63) is 53.1 Å². The maximum absolute atomic E-state index is 11.0. The number of thiazole rings is 1. The minimum Gasteiger partial charge on any atom is -0.491 e. The zero-order valence-corrected chi connectivity index (χ0v) is 16.8. The molecule has 2 rings (SSSR count). The van der Waals surface area contributed by atoms with E-state index in [4.69, 9.17) is 15.6 Å². The molecular weight excluding hydrogens is 362 g/mol. The zero-order chi connectivity index (χ0) is 20.1. The van der Waals surface area contributed by atoms with Crippen LogP contribution in [-0.4, -0.2) is 22.2 Å². The Morgan fingerprint density at radius 2 is 1.96 bits per heavy atom. The molecule has 1 aromatic heterocycles. The Bertz CT molecular complexity index is 869. The van der Waals surface area contributed by atoms with Crippen LogP contribution in [0.3, 0.4) is 0 Å². The third-order valence-corrected chi connectivity index (χ3v) is 4.35. The topological polar surface area (TPSA) is 97.5 Å². The number of carboxylic acids is 1. The fourth-order valence-electron chi connectivity index (χ4n) is 2.37. The number of nitrogens with zero attached hydrogens (tertiary/aromatic N) is 1. The van der Waals surface area contributed by atoms with E-state index in [0.29, 0.717) is 28.2 Å². The number of hydrogen-bond donors (Lipinski definition) is 3. The summed E-state index contributed by atoms with van der Waals surface area (Å²) in [5.74, 6) is -0.00694. The lowest BCUT2D eigenvalue weighted by atomic mass is 10.0. The second-order valence-electron chi connectivity index (χ2n) is 6.72. The molecule has 0 fully saturated rings. The molecule has 0 spiro atoms. The number of carbonyl (C=O) groups is 1. The van der Waals surface area contributed by atoms with Gasteiger partial charge in [0.2, 0.25) is 0 Å². The highest BCUT2D eigenvalue weighted by molar-refractivity contribution is 7.17. The van der Waals surface area contributed by atoms with Crippen molar-refractivity contribution in [1.29, 1.82) is 0 Å². The minimum absolute atomic E-state index is 0.0155. The summed E-state index contributed by atoms with van der Waals surface area (Å²) in [6.45, 7) is 12.1. The molecule has 7 heteroatoms. The van der Waals surface area contributed by atoms with Gasteiger partial charge in [-0.05, 0) is 38.0 Å². The van der Waals surface area contributed by atoms with Gasteiger partial charge in [-0.3, -0.25) is 0 Å². The van der Waals surface area contributed by atoms with E-state index in [2.05, 4.69) is 30.7 Å². The van der Waals surface area contributed by atoms with Crippen LogP contribution >= 0.6 is 11.3 Å². The van der Waals surface area contributed by atoms with Gasteiger partial charge in [0, 0.05) is 22.5 Å². The van der Waals surface area contributed by atoms with E-state index in [1.54, 1.807) is 0 Å². The molecule has 0 aliphatic rings. The predicted octanol–water partition coefficient (Wildman–Crippen LogP) is 4.67. The average Bonchev–Trinajstić information content (AvgIpc) is 3.02. The molecule has 0 saturated heterocycles. The molecule has 144 valence electrons. The highest BCUT2D eigenvalue weighted by Crippen LogP contribution is 2.28. The SMILES string of the molecule is C=C(Nc1ncc(C(=O)O)s1)c1cc(OC(C)C)cc(/C(N)=C\C(C)C)c1. The van der Waals surface area contributed by atoms with Gasteiger partial charge >= 0.3 is 5.97 Å². The van der Waals surface area contributed by atoms with Crippen LogP contribution in [0, 0.1) is 5.92 Å². The van der Waals surface area contributed by atoms with Crippen LogP contribution in [0.25, 0.3) is 11.4 Å². The van der Waals surface area contributed by atoms with E-state index < -0.39 is 5.97 Å². The maximum atomic E-state index is 11.0. The van der Waals surface area contributed by atoms with Gasteiger partial charge in [-0.25, -0.2) is 9.78 Å². The Morgan fingerprint density at radius 1 is 1.30 bits per heavy atom. The van der Waals surface area contributed by atoms with Crippen molar-refractivity contribution in [3.8, 4) is 5.75 Å². The number of aromatic carboxylic acids is 1. The van der Waals surface area contributed by atoms with E-state index in [9.17, 15) is 4.79 Å². The average molecular weight is 388 g/mol. The van der Waals surface area contributed by atoms with E-state index in [0.717, 1.165) is 22.5 Å². The van der Waals surface area contributed by atoms with Crippen molar-refractivity contribution >= 4 is 33.8 Å². The number of hydrogen-bond acceptors (Lipinski definition) is 6. The quantitative estimate of drug-likeness (QED) is 0.609. The second kappa shape index (κ2) is 8.73. The summed E-state index contributed by atoms with van der Waals surface area (Å²) in [6, 6.07) is 5.69. The number of aromatic nitrogens is 1. The van der Waals surface area contributed by atoms with Crippen molar-refractivity contribution in [2.24, 2.45) is 11.7 Å². The molecule has 0 saturated carbocycles. The molecule has 1 aromatic carbocycles. The Labute approximate surface area is 163 Å². The van der Waals surface area contributed by atoms with E-state index in [-0.39, 0.29) is 11.0 Å². The predicted molar refractivity (Wildman–Crippen MR) is 111 cm³/mol. The van der Waals surface area contributed by atoms with Crippen molar-refractivity contribution < 1.29 is 14.6 Å². The lowest BCUT2D eigenvalue weighted by molar-refractivity contribution is 0.0702. The molecule has 0 amide bonds. The maximum Gasteiger partial charge on any atom is 0.347 e. The monoisotopic (exact) mass is 387 g/mol. The van der Waals surface area contributed by atoms with Crippen LogP contribution in [0.15, 0.2) is 37.1 Å². The Balaban J connectivity index is 2.34. The lowest BCUT2D eigenvalue weighted by Crippen LogP contribution is -2.08. The number of carboxylic acid groups (broad SMARTS) is 1. The first-order valence-corrected chi connectivity index (χ1v) is 9.42. The van der Waals surface area contributed by atoms with Gasteiger partial charge < -0.3 is 20.9 Å².